The molecule has 6 nitrogen and oxygen atoms in total. The van der Waals surface area contributed by atoms with Gasteiger partial charge in [0, 0.05) is 31.9 Å². The van der Waals surface area contributed by atoms with E-state index in [1.54, 1.807) is 6.92 Å². The molecule has 0 saturated carbocycles. The molecular formula is C22H24FN3O3. The zero-order chi connectivity index (χ0) is 21.0. The van der Waals surface area contributed by atoms with Gasteiger partial charge in [-0.15, -0.1) is 0 Å². The summed E-state index contributed by atoms with van der Waals surface area (Å²) >= 11 is 0. The number of carbonyl (C=O) groups excluding carboxylic acids is 3. The number of carbonyl (C=O) groups is 3. The first-order valence-corrected chi connectivity index (χ1v) is 9.53. The lowest BCUT2D eigenvalue weighted by Crippen LogP contribution is -2.55. The fourth-order valence-electron chi connectivity index (χ4n) is 3.17. The standard InChI is InChI=1S/C22H24FN3O3/c1-15-3-5-17(6-4-15)14-26-12-11-25(21(28)22(26)29)13-16(2)20(27)24-19-9-7-18(23)8-10-19/h3-10,16H,11-14H2,1-2H3,(H,24,27)/t16-/m1/s1. The Kier molecular flexibility index (Phi) is 6.26. The molecule has 1 N–H and O–H groups in total. The molecule has 2 aromatic rings. The van der Waals surface area contributed by atoms with Crippen molar-refractivity contribution in [1.29, 1.82) is 0 Å². The highest BCUT2D eigenvalue weighted by molar-refractivity contribution is 6.35. The van der Waals surface area contributed by atoms with Crippen LogP contribution in [0, 0.1) is 18.7 Å². The maximum atomic E-state index is 13.0. The smallest absolute Gasteiger partial charge is 0.312 e. The van der Waals surface area contributed by atoms with Crippen molar-refractivity contribution in [2.24, 2.45) is 5.92 Å². The molecule has 2 aromatic carbocycles. The van der Waals surface area contributed by atoms with Crippen LogP contribution >= 0.6 is 0 Å². The van der Waals surface area contributed by atoms with E-state index < -0.39 is 17.7 Å². The molecule has 7 heteroatoms. The van der Waals surface area contributed by atoms with Crippen LogP contribution in [-0.2, 0) is 20.9 Å². The van der Waals surface area contributed by atoms with Gasteiger partial charge in [0.2, 0.25) is 5.91 Å². The van der Waals surface area contributed by atoms with Gasteiger partial charge in [-0.2, -0.15) is 0 Å². The highest BCUT2D eigenvalue weighted by Crippen LogP contribution is 2.15. The number of anilines is 1. The van der Waals surface area contributed by atoms with Crippen LogP contribution in [-0.4, -0.2) is 47.2 Å². The predicted octanol–water partition coefficient (Wildman–Crippen LogP) is 2.58. The van der Waals surface area contributed by atoms with Crippen LogP contribution < -0.4 is 5.32 Å². The van der Waals surface area contributed by atoms with Crippen LogP contribution in [0.15, 0.2) is 48.5 Å². The summed E-state index contributed by atoms with van der Waals surface area (Å²) in [5, 5.41) is 2.69. The molecule has 0 aliphatic carbocycles. The molecule has 1 aliphatic heterocycles. The molecule has 1 fully saturated rings. The fourth-order valence-corrected chi connectivity index (χ4v) is 3.17. The van der Waals surface area contributed by atoms with Crippen molar-refractivity contribution < 1.29 is 18.8 Å². The number of nitrogens with zero attached hydrogens (tertiary/aromatic N) is 2. The Hall–Kier alpha value is -3.22. The molecular weight excluding hydrogens is 373 g/mol. The third-order valence-electron chi connectivity index (χ3n) is 4.94. The fraction of sp³-hybridized carbons (Fsp3) is 0.318. The minimum absolute atomic E-state index is 0.149. The molecule has 0 spiro atoms. The molecule has 1 saturated heterocycles. The maximum Gasteiger partial charge on any atom is 0.312 e. The number of amides is 3. The number of rotatable bonds is 6. The lowest BCUT2D eigenvalue weighted by atomic mass is 10.1. The zero-order valence-corrected chi connectivity index (χ0v) is 16.5. The summed E-state index contributed by atoms with van der Waals surface area (Å²) in [6.45, 7) is 5.02. The molecule has 1 heterocycles. The van der Waals surface area contributed by atoms with Crippen LogP contribution in [0.25, 0.3) is 0 Å². The van der Waals surface area contributed by atoms with Crippen molar-refractivity contribution in [3.63, 3.8) is 0 Å². The summed E-state index contributed by atoms with van der Waals surface area (Å²) in [5.41, 5.74) is 2.58. The molecule has 0 aromatic heterocycles. The van der Waals surface area contributed by atoms with Crippen molar-refractivity contribution in [2.75, 3.05) is 25.0 Å². The molecule has 3 amide bonds. The second-order valence-electron chi connectivity index (χ2n) is 7.36. The van der Waals surface area contributed by atoms with Gasteiger partial charge < -0.3 is 15.1 Å². The quantitative estimate of drug-likeness (QED) is 0.762. The van der Waals surface area contributed by atoms with Gasteiger partial charge in [0.05, 0.1) is 5.92 Å². The van der Waals surface area contributed by atoms with Crippen LogP contribution in [0.4, 0.5) is 10.1 Å². The summed E-state index contributed by atoms with van der Waals surface area (Å²) in [6.07, 6.45) is 0. The number of hydrogen-bond donors (Lipinski definition) is 1. The van der Waals surface area contributed by atoms with E-state index in [4.69, 9.17) is 0 Å². The summed E-state index contributed by atoms with van der Waals surface area (Å²) in [4.78, 5) is 40.3. The zero-order valence-electron chi connectivity index (χ0n) is 16.5. The van der Waals surface area contributed by atoms with Crippen molar-refractivity contribution in [3.8, 4) is 0 Å². The van der Waals surface area contributed by atoms with Gasteiger partial charge in [-0.1, -0.05) is 36.8 Å². The number of aryl methyl sites for hydroxylation is 1. The van der Waals surface area contributed by atoms with Crippen molar-refractivity contribution in [3.05, 3.63) is 65.5 Å². The summed E-state index contributed by atoms with van der Waals surface area (Å²) in [7, 11) is 0. The van der Waals surface area contributed by atoms with Gasteiger partial charge in [0.25, 0.3) is 0 Å². The Morgan fingerprint density at radius 2 is 1.59 bits per heavy atom. The average Bonchev–Trinajstić information content (AvgIpc) is 2.71. The summed E-state index contributed by atoms with van der Waals surface area (Å²) in [6, 6.07) is 13.3. The Bertz CT molecular complexity index is 897. The lowest BCUT2D eigenvalue weighted by molar-refractivity contribution is -0.157. The number of benzene rings is 2. The van der Waals surface area contributed by atoms with E-state index in [2.05, 4.69) is 5.32 Å². The SMILES string of the molecule is Cc1ccc(CN2CCN(C[C@@H](C)C(=O)Nc3ccc(F)cc3)C(=O)C2=O)cc1. The normalized spacial score (nSPS) is 15.4. The lowest BCUT2D eigenvalue weighted by Gasteiger charge is -2.34. The van der Waals surface area contributed by atoms with Crippen LogP contribution in [0.3, 0.4) is 0 Å². The van der Waals surface area contributed by atoms with E-state index in [-0.39, 0.29) is 18.3 Å². The Morgan fingerprint density at radius 1 is 1.00 bits per heavy atom. The molecule has 0 bridgehead atoms. The highest BCUT2D eigenvalue weighted by atomic mass is 19.1. The Morgan fingerprint density at radius 3 is 2.24 bits per heavy atom. The van der Waals surface area contributed by atoms with Crippen LogP contribution in [0.1, 0.15) is 18.1 Å². The Labute approximate surface area is 169 Å². The molecule has 0 unspecified atom stereocenters. The molecule has 29 heavy (non-hydrogen) atoms. The van der Waals surface area contributed by atoms with Crippen LogP contribution in [0.5, 0.6) is 0 Å². The minimum Gasteiger partial charge on any atom is -0.332 e. The molecule has 1 atom stereocenters. The largest absolute Gasteiger partial charge is 0.332 e. The van der Waals surface area contributed by atoms with E-state index in [0.29, 0.717) is 25.3 Å². The van der Waals surface area contributed by atoms with E-state index in [9.17, 15) is 18.8 Å². The average molecular weight is 397 g/mol. The van der Waals surface area contributed by atoms with Gasteiger partial charge in [-0.05, 0) is 36.8 Å². The van der Waals surface area contributed by atoms with Crippen molar-refractivity contribution in [2.45, 2.75) is 20.4 Å². The number of halogens is 1. The van der Waals surface area contributed by atoms with Crippen molar-refractivity contribution in [1.82, 2.24) is 9.80 Å². The van der Waals surface area contributed by atoms with E-state index in [0.717, 1.165) is 11.1 Å². The number of piperazine rings is 1. The molecule has 0 radical (unpaired) electrons. The number of hydrogen-bond acceptors (Lipinski definition) is 3. The first-order valence-electron chi connectivity index (χ1n) is 9.53. The number of nitrogens with one attached hydrogen (secondary N) is 1. The van der Waals surface area contributed by atoms with Crippen LogP contribution in [0.2, 0.25) is 0 Å². The molecule has 152 valence electrons. The first-order chi connectivity index (χ1) is 13.8. The third-order valence-corrected chi connectivity index (χ3v) is 4.94. The van der Waals surface area contributed by atoms with E-state index in [1.807, 2.05) is 31.2 Å². The topological polar surface area (TPSA) is 69.7 Å². The third kappa shape index (κ3) is 5.19. The maximum absolute atomic E-state index is 13.0. The molecule has 3 rings (SSSR count). The second-order valence-corrected chi connectivity index (χ2v) is 7.36. The van der Waals surface area contributed by atoms with Crippen molar-refractivity contribution >= 4 is 23.4 Å². The summed E-state index contributed by atoms with van der Waals surface area (Å²) < 4.78 is 13.0. The second kappa shape index (κ2) is 8.86. The van der Waals surface area contributed by atoms with Gasteiger partial charge in [-0.25, -0.2) is 4.39 Å². The van der Waals surface area contributed by atoms with E-state index >= 15 is 0 Å². The van der Waals surface area contributed by atoms with Gasteiger partial charge in [0.1, 0.15) is 5.82 Å². The molecule has 1 aliphatic rings. The highest BCUT2D eigenvalue weighted by Gasteiger charge is 2.33. The minimum atomic E-state index is -0.593. The van der Waals surface area contributed by atoms with E-state index in [1.165, 1.54) is 34.1 Å². The van der Waals surface area contributed by atoms with Gasteiger partial charge >= 0.3 is 11.8 Å². The first kappa shape index (κ1) is 20.5. The van der Waals surface area contributed by atoms with Gasteiger partial charge in [0.15, 0.2) is 0 Å². The summed E-state index contributed by atoms with van der Waals surface area (Å²) in [5.74, 6) is -2.34. The predicted molar refractivity (Wildman–Crippen MR) is 107 cm³/mol. The Balaban J connectivity index is 1.54. The van der Waals surface area contributed by atoms with Gasteiger partial charge in [-0.3, -0.25) is 14.4 Å². The monoisotopic (exact) mass is 397 g/mol.